The number of methoxy groups -OCH3 is 1. The van der Waals surface area contributed by atoms with Crippen molar-refractivity contribution in [2.45, 2.75) is 105 Å². The maximum atomic E-state index is 6.01. The van der Waals surface area contributed by atoms with E-state index in [-0.39, 0.29) is 5.41 Å². The van der Waals surface area contributed by atoms with Crippen LogP contribution in [0.15, 0.2) is 0 Å². The van der Waals surface area contributed by atoms with Crippen molar-refractivity contribution in [2.75, 3.05) is 54.1 Å². The summed E-state index contributed by atoms with van der Waals surface area (Å²) in [5.41, 5.74) is 0.125. The van der Waals surface area contributed by atoms with E-state index in [1.807, 2.05) is 0 Å². The molecule has 0 rings (SSSR count). The van der Waals surface area contributed by atoms with Gasteiger partial charge in [0.05, 0.1) is 40.4 Å². The minimum Gasteiger partial charge on any atom is -0.384 e. The Balaban J connectivity index is 3.64. The summed E-state index contributed by atoms with van der Waals surface area (Å²) >= 11 is 0. The van der Waals surface area contributed by atoms with E-state index < -0.39 is 0 Å². The normalized spacial score (nSPS) is 14.5. The summed E-state index contributed by atoms with van der Waals surface area (Å²) < 4.78 is 12.6. The summed E-state index contributed by atoms with van der Waals surface area (Å²) in [4.78, 5) is 0. The number of quaternary nitrogens is 1. The van der Waals surface area contributed by atoms with E-state index in [1.54, 1.807) is 7.11 Å². The van der Waals surface area contributed by atoms with Crippen LogP contribution in [0.25, 0.3) is 0 Å². The van der Waals surface area contributed by atoms with Crippen LogP contribution < -0.4 is 0 Å². The third kappa shape index (κ3) is 16.3. The van der Waals surface area contributed by atoms with Crippen LogP contribution in [0, 0.1) is 11.3 Å². The first kappa shape index (κ1) is 28.9. The zero-order valence-corrected chi connectivity index (χ0v) is 21.4. The third-order valence-electron chi connectivity index (χ3n) is 6.72. The molecule has 0 amide bonds. The van der Waals surface area contributed by atoms with E-state index in [1.165, 1.54) is 90.1 Å². The van der Waals surface area contributed by atoms with E-state index in [2.05, 4.69) is 41.8 Å². The topological polar surface area (TPSA) is 18.5 Å². The zero-order chi connectivity index (χ0) is 22.0. The average molecular weight is 415 g/mol. The molecule has 1 unspecified atom stereocenters. The van der Waals surface area contributed by atoms with Crippen molar-refractivity contribution in [2.24, 2.45) is 11.3 Å². The molecule has 0 spiro atoms. The summed E-state index contributed by atoms with van der Waals surface area (Å²) in [5.74, 6) is 0.569. The molecule has 176 valence electrons. The van der Waals surface area contributed by atoms with Crippen LogP contribution in [0.5, 0.6) is 0 Å². The lowest BCUT2D eigenvalue weighted by Crippen LogP contribution is -2.41. The van der Waals surface area contributed by atoms with Gasteiger partial charge in [-0.1, -0.05) is 79.1 Å². The Morgan fingerprint density at radius 1 is 0.724 bits per heavy atom. The first-order valence-electron chi connectivity index (χ1n) is 12.7. The van der Waals surface area contributed by atoms with Gasteiger partial charge in [-0.15, -0.1) is 0 Å². The molecule has 0 aliphatic heterocycles. The highest BCUT2D eigenvalue weighted by Gasteiger charge is 2.28. The lowest BCUT2D eigenvalue weighted by Gasteiger charge is -2.33. The van der Waals surface area contributed by atoms with E-state index in [0.717, 1.165) is 24.3 Å². The molecule has 3 heteroatoms. The predicted molar refractivity (Wildman–Crippen MR) is 129 cm³/mol. The van der Waals surface area contributed by atoms with Crippen LogP contribution in [0.3, 0.4) is 0 Å². The summed E-state index contributed by atoms with van der Waals surface area (Å²) in [7, 11) is 6.57. The molecule has 0 aromatic carbocycles. The van der Waals surface area contributed by atoms with Gasteiger partial charge in [0, 0.05) is 19.1 Å². The molecule has 1 atom stereocenters. The molecule has 29 heavy (non-hydrogen) atoms. The molecule has 0 aromatic heterocycles. The maximum absolute atomic E-state index is 6.01. The van der Waals surface area contributed by atoms with E-state index in [0.29, 0.717) is 5.92 Å². The molecular formula is C26H56NO2+. The van der Waals surface area contributed by atoms with Crippen LogP contribution in [0.1, 0.15) is 105 Å². The first-order chi connectivity index (χ1) is 13.8. The second-order valence-corrected chi connectivity index (χ2v) is 10.6. The number of ether oxygens (including phenoxy) is 2. The summed E-state index contributed by atoms with van der Waals surface area (Å²) in [5, 5.41) is 0. The van der Waals surface area contributed by atoms with Gasteiger partial charge in [-0.2, -0.15) is 0 Å². The van der Waals surface area contributed by atoms with Gasteiger partial charge in [-0.3, -0.25) is 0 Å². The highest BCUT2D eigenvalue weighted by molar-refractivity contribution is 4.77. The lowest BCUT2D eigenvalue weighted by atomic mass is 9.81. The Kier molecular flexibility index (Phi) is 17.5. The number of hydrogen-bond acceptors (Lipinski definition) is 2. The molecular weight excluding hydrogens is 358 g/mol. The quantitative estimate of drug-likeness (QED) is 0.147. The maximum Gasteiger partial charge on any atom is 0.0783 e. The Bertz CT molecular complexity index is 357. The van der Waals surface area contributed by atoms with Gasteiger partial charge in [-0.05, 0) is 31.6 Å². The fourth-order valence-electron chi connectivity index (χ4n) is 3.89. The SMILES string of the molecule is CCCCCCCCCCCC[N+](C)(C)CCCCOCC(C)(COC)C(C)C. The van der Waals surface area contributed by atoms with Crippen molar-refractivity contribution in [3.63, 3.8) is 0 Å². The Morgan fingerprint density at radius 3 is 1.69 bits per heavy atom. The molecule has 0 heterocycles. The molecule has 3 nitrogen and oxygen atoms in total. The van der Waals surface area contributed by atoms with Crippen molar-refractivity contribution >= 4 is 0 Å². The zero-order valence-electron chi connectivity index (χ0n) is 21.4. The largest absolute Gasteiger partial charge is 0.384 e. The van der Waals surface area contributed by atoms with E-state index >= 15 is 0 Å². The minimum atomic E-state index is 0.125. The molecule has 0 radical (unpaired) electrons. The van der Waals surface area contributed by atoms with Gasteiger partial charge in [0.2, 0.25) is 0 Å². The molecule has 0 aliphatic rings. The van der Waals surface area contributed by atoms with Crippen LogP contribution in [0.2, 0.25) is 0 Å². The fourth-order valence-corrected chi connectivity index (χ4v) is 3.89. The predicted octanol–water partition coefficient (Wildman–Crippen LogP) is 7.09. The summed E-state index contributed by atoms with van der Waals surface area (Å²) in [6.07, 6.45) is 16.6. The highest BCUT2D eigenvalue weighted by Crippen LogP contribution is 2.27. The molecule has 0 N–H and O–H groups in total. The smallest absolute Gasteiger partial charge is 0.0783 e. The van der Waals surface area contributed by atoms with Gasteiger partial charge in [0.25, 0.3) is 0 Å². The third-order valence-corrected chi connectivity index (χ3v) is 6.72. The average Bonchev–Trinajstić information content (AvgIpc) is 2.66. The van der Waals surface area contributed by atoms with Gasteiger partial charge >= 0.3 is 0 Å². The Hall–Kier alpha value is -0.120. The standard InChI is InChI=1S/C26H56NO2/c1-8-9-10-11-12-13-14-15-16-17-20-27(5,6)21-18-19-22-29-24-26(4,23-28-7)25(2)3/h25H,8-24H2,1-7H3/q+1. The molecule has 0 aliphatic carbocycles. The monoisotopic (exact) mass is 414 g/mol. The highest BCUT2D eigenvalue weighted by atomic mass is 16.5. The fraction of sp³-hybridized carbons (Fsp3) is 1.00. The van der Waals surface area contributed by atoms with Gasteiger partial charge in [-0.25, -0.2) is 0 Å². The first-order valence-corrected chi connectivity index (χ1v) is 12.7. The number of hydrogen-bond donors (Lipinski definition) is 0. The van der Waals surface area contributed by atoms with Crippen molar-refractivity contribution in [1.82, 2.24) is 0 Å². The van der Waals surface area contributed by atoms with Crippen LogP contribution in [-0.2, 0) is 9.47 Å². The van der Waals surface area contributed by atoms with Crippen molar-refractivity contribution in [3.05, 3.63) is 0 Å². The van der Waals surface area contributed by atoms with Crippen molar-refractivity contribution in [3.8, 4) is 0 Å². The van der Waals surface area contributed by atoms with Crippen LogP contribution in [0.4, 0.5) is 0 Å². The second-order valence-electron chi connectivity index (χ2n) is 10.6. The minimum absolute atomic E-state index is 0.125. The number of unbranched alkanes of at least 4 members (excludes halogenated alkanes) is 10. The van der Waals surface area contributed by atoms with Gasteiger partial charge < -0.3 is 14.0 Å². The van der Waals surface area contributed by atoms with Gasteiger partial charge in [0.1, 0.15) is 0 Å². The molecule has 0 saturated carbocycles. The number of nitrogens with zero attached hydrogens (tertiary/aromatic N) is 1. The van der Waals surface area contributed by atoms with E-state index in [4.69, 9.17) is 9.47 Å². The Labute approximate surface area is 184 Å². The Morgan fingerprint density at radius 2 is 1.21 bits per heavy atom. The molecule has 0 bridgehead atoms. The van der Waals surface area contributed by atoms with Crippen molar-refractivity contribution in [1.29, 1.82) is 0 Å². The van der Waals surface area contributed by atoms with Crippen molar-refractivity contribution < 1.29 is 14.0 Å². The lowest BCUT2D eigenvalue weighted by molar-refractivity contribution is -0.890. The molecule has 0 saturated heterocycles. The summed E-state index contributed by atoms with van der Waals surface area (Å²) in [6.45, 7) is 14.1. The van der Waals surface area contributed by atoms with Crippen LogP contribution >= 0.6 is 0 Å². The molecule has 0 aromatic rings. The van der Waals surface area contributed by atoms with E-state index in [9.17, 15) is 0 Å². The summed E-state index contributed by atoms with van der Waals surface area (Å²) in [6, 6.07) is 0. The van der Waals surface area contributed by atoms with Gasteiger partial charge in [0.15, 0.2) is 0 Å². The molecule has 0 fully saturated rings. The number of rotatable bonds is 21. The second kappa shape index (κ2) is 17.5. The van der Waals surface area contributed by atoms with Crippen LogP contribution in [-0.4, -0.2) is 58.6 Å².